The van der Waals surface area contributed by atoms with E-state index in [0.717, 1.165) is 17.8 Å². The Kier molecular flexibility index (Phi) is 3.38. The van der Waals surface area contributed by atoms with E-state index in [1.54, 1.807) is 18.4 Å². The van der Waals surface area contributed by atoms with E-state index in [1.807, 2.05) is 6.92 Å². The fourth-order valence-corrected chi connectivity index (χ4v) is 2.62. The summed E-state index contributed by atoms with van der Waals surface area (Å²) in [7, 11) is 1.79. The zero-order valence-electron chi connectivity index (χ0n) is 9.49. The molecule has 1 aliphatic rings. The second-order valence-corrected chi connectivity index (χ2v) is 5.27. The zero-order valence-corrected chi connectivity index (χ0v) is 10.3. The van der Waals surface area contributed by atoms with Crippen LogP contribution in [0, 0.1) is 6.92 Å². The predicted octanol–water partition coefficient (Wildman–Crippen LogP) is 2.28. The highest BCUT2D eigenvalue weighted by Gasteiger charge is 2.30. The molecule has 2 rings (SSSR count). The highest BCUT2D eigenvalue weighted by molar-refractivity contribution is 7.09. The van der Waals surface area contributed by atoms with E-state index in [1.165, 1.54) is 5.69 Å². The fourth-order valence-electron chi connectivity index (χ4n) is 1.91. The normalized spacial score (nSPS) is 27.4. The smallest absolute Gasteiger partial charge is 0.0898 e. The third kappa shape index (κ3) is 2.56. The van der Waals surface area contributed by atoms with Gasteiger partial charge in [0.1, 0.15) is 0 Å². The summed E-state index contributed by atoms with van der Waals surface area (Å²) in [5.74, 6) is 0. The summed E-state index contributed by atoms with van der Waals surface area (Å²) in [6.45, 7) is 4.22. The lowest BCUT2D eigenvalue weighted by molar-refractivity contribution is 0.0146. The molecule has 84 valence electrons. The maximum absolute atomic E-state index is 5.25. The molecule has 0 aliphatic heterocycles. The summed E-state index contributed by atoms with van der Waals surface area (Å²) >= 11 is 1.71. The van der Waals surface area contributed by atoms with Crippen LogP contribution >= 0.6 is 11.3 Å². The summed E-state index contributed by atoms with van der Waals surface area (Å²) in [5.41, 5.74) is 1.17. The average Bonchev–Trinajstić information content (AvgIpc) is 2.57. The summed E-state index contributed by atoms with van der Waals surface area (Å²) in [4.78, 5) is 4.49. The minimum absolute atomic E-state index is 0.359. The van der Waals surface area contributed by atoms with E-state index in [0.29, 0.717) is 18.2 Å². The number of aromatic nitrogens is 1. The first-order valence-corrected chi connectivity index (χ1v) is 6.28. The van der Waals surface area contributed by atoms with E-state index >= 15 is 0 Å². The largest absolute Gasteiger partial charge is 0.381 e. The van der Waals surface area contributed by atoms with Crippen molar-refractivity contribution in [2.75, 3.05) is 7.11 Å². The number of hydrogen-bond donors (Lipinski definition) is 1. The number of rotatable bonds is 4. The Labute approximate surface area is 94.9 Å². The third-order valence-corrected chi connectivity index (χ3v) is 3.79. The summed E-state index contributed by atoms with van der Waals surface area (Å²) in [6.07, 6.45) is 2.72. The summed E-state index contributed by atoms with van der Waals surface area (Å²) in [6, 6.07) is 0.963. The molecule has 1 saturated carbocycles. The van der Waals surface area contributed by atoms with Crippen LogP contribution in [-0.2, 0) is 4.74 Å². The molecule has 1 heterocycles. The van der Waals surface area contributed by atoms with Crippen molar-refractivity contribution in [2.24, 2.45) is 0 Å². The summed E-state index contributed by atoms with van der Waals surface area (Å²) < 4.78 is 5.25. The van der Waals surface area contributed by atoms with Gasteiger partial charge in [-0.05, 0) is 26.7 Å². The number of methoxy groups -OCH3 is 1. The number of aryl methyl sites for hydroxylation is 1. The Morgan fingerprint density at radius 3 is 2.87 bits per heavy atom. The maximum atomic E-state index is 5.25. The Morgan fingerprint density at radius 1 is 1.60 bits per heavy atom. The molecule has 1 aromatic rings. The Morgan fingerprint density at radius 2 is 2.33 bits per heavy atom. The second kappa shape index (κ2) is 4.60. The first-order chi connectivity index (χ1) is 7.19. The van der Waals surface area contributed by atoms with Crippen LogP contribution in [0.15, 0.2) is 5.38 Å². The summed E-state index contributed by atoms with van der Waals surface area (Å²) in [5, 5.41) is 6.85. The molecule has 1 N–H and O–H groups in total. The molecule has 3 nitrogen and oxygen atoms in total. The van der Waals surface area contributed by atoms with Crippen molar-refractivity contribution in [3.63, 3.8) is 0 Å². The second-order valence-electron chi connectivity index (χ2n) is 4.21. The van der Waals surface area contributed by atoms with E-state index in [4.69, 9.17) is 4.74 Å². The molecule has 0 spiro atoms. The van der Waals surface area contributed by atoms with Gasteiger partial charge >= 0.3 is 0 Å². The molecular formula is C11H18N2OS. The standard InChI is InChI=1S/C11H18N2OS/c1-7(11-6-15-8(2)13-11)12-9-4-10(5-9)14-3/h6-7,9-10,12H,4-5H2,1-3H3. The molecule has 1 atom stereocenters. The first-order valence-electron chi connectivity index (χ1n) is 5.40. The van der Waals surface area contributed by atoms with E-state index < -0.39 is 0 Å². The molecule has 1 unspecified atom stereocenters. The molecule has 0 amide bonds. The van der Waals surface area contributed by atoms with Gasteiger partial charge in [-0.2, -0.15) is 0 Å². The van der Waals surface area contributed by atoms with Crippen LogP contribution in [0.5, 0.6) is 0 Å². The van der Waals surface area contributed by atoms with E-state index in [2.05, 4.69) is 22.6 Å². The molecule has 4 heteroatoms. The molecule has 0 radical (unpaired) electrons. The molecule has 0 saturated heterocycles. The SMILES string of the molecule is COC1CC(NC(C)c2csc(C)n2)C1. The van der Waals surface area contributed by atoms with Crippen molar-refractivity contribution in [1.29, 1.82) is 0 Å². The van der Waals surface area contributed by atoms with Gasteiger partial charge in [0.2, 0.25) is 0 Å². The Hall–Kier alpha value is -0.450. The lowest BCUT2D eigenvalue weighted by Gasteiger charge is -2.36. The lowest BCUT2D eigenvalue weighted by Crippen LogP contribution is -2.45. The Balaban J connectivity index is 1.81. The average molecular weight is 226 g/mol. The lowest BCUT2D eigenvalue weighted by atomic mass is 9.88. The van der Waals surface area contributed by atoms with Gasteiger partial charge in [-0.25, -0.2) is 4.98 Å². The van der Waals surface area contributed by atoms with Gasteiger partial charge in [0.15, 0.2) is 0 Å². The monoisotopic (exact) mass is 226 g/mol. The molecule has 1 fully saturated rings. The minimum atomic E-state index is 0.359. The third-order valence-electron chi connectivity index (χ3n) is 2.99. The van der Waals surface area contributed by atoms with Crippen molar-refractivity contribution in [3.8, 4) is 0 Å². The minimum Gasteiger partial charge on any atom is -0.381 e. The molecule has 0 bridgehead atoms. The fraction of sp³-hybridized carbons (Fsp3) is 0.727. The van der Waals surface area contributed by atoms with Crippen molar-refractivity contribution >= 4 is 11.3 Å². The van der Waals surface area contributed by atoms with Gasteiger partial charge in [-0.3, -0.25) is 0 Å². The van der Waals surface area contributed by atoms with Crippen LogP contribution in [0.2, 0.25) is 0 Å². The van der Waals surface area contributed by atoms with Gasteiger partial charge in [-0.1, -0.05) is 0 Å². The van der Waals surface area contributed by atoms with Crippen LogP contribution < -0.4 is 5.32 Å². The highest BCUT2D eigenvalue weighted by Crippen LogP contribution is 2.25. The molecule has 15 heavy (non-hydrogen) atoms. The number of thiazole rings is 1. The number of nitrogens with one attached hydrogen (secondary N) is 1. The van der Waals surface area contributed by atoms with Crippen LogP contribution in [0.1, 0.15) is 36.5 Å². The topological polar surface area (TPSA) is 34.1 Å². The van der Waals surface area contributed by atoms with Crippen molar-refractivity contribution in [3.05, 3.63) is 16.1 Å². The molecular weight excluding hydrogens is 208 g/mol. The van der Waals surface area contributed by atoms with Crippen molar-refractivity contribution in [1.82, 2.24) is 10.3 Å². The predicted molar refractivity (Wildman–Crippen MR) is 62.2 cm³/mol. The quantitative estimate of drug-likeness (QED) is 0.855. The van der Waals surface area contributed by atoms with Crippen LogP contribution in [0.4, 0.5) is 0 Å². The zero-order chi connectivity index (χ0) is 10.8. The van der Waals surface area contributed by atoms with Crippen molar-refractivity contribution < 1.29 is 4.74 Å². The van der Waals surface area contributed by atoms with Gasteiger partial charge in [-0.15, -0.1) is 11.3 Å². The number of nitrogens with zero attached hydrogens (tertiary/aromatic N) is 1. The highest BCUT2D eigenvalue weighted by atomic mass is 32.1. The van der Waals surface area contributed by atoms with Crippen LogP contribution in [0.25, 0.3) is 0 Å². The molecule has 1 aliphatic carbocycles. The van der Waals surface area contributed by atoms with Crippen LogP contribution in [0.3, 0.4) is 0 Å². The molecule has 0 aromatic carbocycles. The Bertz CT molecular complexity index is 320. The number of hydrogen-bond acceptors (Lipinski definition) is 4. The first kappa shape index (κ1) is 11.0. The van der Waals surface area contributed by atoms with Crippen LogP contribution in [-0.4, -0.2) is 24.2 Å². The van der Waals surface area contributed by atoms with Gasteiger partial charge in [0.25, 0.3) is 0 Å². The van der Waals surface area contributed by atoms with Gasteiger partial charge in [0, 0.05) is 24.6 Å². The molecule has 1 aromatic heterocycles. The van der Waals surface area contributed by atoms with E-state index in [-0.39, 0.29) is 0 Å². The number of ether oxygens (including phenoxy) is 1. The van der Waals surface area contributed by atoms with E-state index in [9.17, 15) is 0 Å². The van der Waals surface area contributed by atoms with Gasteiger partial charge in [0.05, 0.1) is 16.8 Å². The van der Waals surface area contributed by atoms with Gasteiger partial charge < -0.3 is 10.1 Å². The maximum Gasteiger partial charge on any atom is 0.0898 e. The van der Waals surface area contributed by atoms with Crippen molar-refractivity contribution in [2.45, 2.75) is 44.9 Å².